The normalized spacial score (nSPS) is 19.2. The molecule has 1 heterocycles. The van der Waals surface area contributed by atoms with Crippen molar-refractivity contribution in [3.05, 3.63) is 40.0 Å². The van der Waals surface area contributed by atoms with Crippen LogP contribution >= 0.6 is 0 Å². The predicted molar refractivity (Wildman–Crippen MR) is 109 cm³/mol. The van der Waals surface area contributed by atoms with E-state index in [4.69, 9.17) is 0 Å². The zero-order valence-electron chi connectivity index (χ0n) is 16.3. The van der Waals surface area contributed by atoms with Gasteiger partial charge in [0.1, 0.15) is 5.69 Å². The second-order valence-corrected chi connectivity index (χ2v) is 9.37. The molecule has 0 amide bonds. The highest BCUT2D eigenvalue weighted by Gasteiger charge is 2.29. The first-order chi connectivity index (χ1) is 13.4. The molecule has 28 heavy (non-hydrogen) atoms. The minimum absolute atomic E-state index is 0.0238. The van der Waals surface area contributed by atoms with Crippen LogP contribution in [-0.4, -0.2) is 62.3 Å². The van der Waals surface area contributed by atoms with Gasteiger partial charge in [-0.15, -0.1) is 0 Å². The van der Waals surface area contributed by atoms with E-state index in [0.717, 1.165) is 19.3 Å². The summed E-state index contributed by atoms with van der Waals surface area (Å²) in [7, 11) is -1.79. The lowest BCUT2D eigenvalue weighted by Crippen LogP contribution is -2.47. The maximum Gasteiger partial charge on any atom is 0.293 e. The summed E-state index contributed by atoms with van der Waals surface area (Å²) < 4.78 is 27.1. The number of nitrogens with one attached hydrogen (secondary N) is 1. The number of hydrogen-bond donors (Lipinski definition) is 1. The molecule has 1 N–H and O–H groups in total. The van der Waals surface area contributed by atoms with Crippen LogP contribution in [0.15, 0.2) is 34.7 Å². The van der Waals surface area contributed by atoms with Crippen molar-refractivity contribution in [1.82, 2.24) is 9.21 Å². The van der Waals surface area contributed by atoms with Gasteiger partial charge in [0.15, 0.2) is 0 Å². The van der Waals surface area contributed by atoms with Gasteiger partial charge >= 0.3 is 0 Å². The highest BCUT2D eigenvalue weighted by atomic mass is 32.2. The van der Waals surface area contributed by atoms with Gasteiger partial charge < -0.3 is 10.2 Å². The average molecular weight is 409 g/mol. The lowest BCUT2D eigenvalue weighted by Gasteiger charge is -2.31. The van der Waals surface area contributed by atoms with Crippen LogP contribution in [-0.2, 0) is 10.0 Å². The van der Waals surface area contributed by atoms with Crippen LogP contribution in [0, 0.1) is 10.1 Å². The topological polar surface area (TPSA) is 95.8 Å². The van der Waals surface area contributed by atoms with Crippen LogP contribution in [0.5, 0.6) is 0 Å². The number of allylic oxidation sites excluding steroid dienone is 1. The number of benzene rings is 1. The molecule has 0 spiro atoms. The third-order valence-electron chi connectivity index (χ3n) is 5.41. The van der Waals surface area contributed by atoms with E-state index in [1.807, 2.05) is 7.05 Å². The molecule has 8 nitrogen and oxygen atoms in total. The van der Waals surface area contributed by atoms with Crippen molar-refractivity contribution in [1.29, 1.82) is 0 Å². The molecule has 1 aromatic carbocycles. The summed E-state index contributed by atoms with van der Waals surface area (Å²) in [5, 5.41) is 14.6. The van der Waals surface area contributed by atoms with Gasteiger partial charge in [-0.05, 0) is 51.3 Å². The molecule has 0 radical (unpaired) electrons. The molecule has 1 aliphatic heterocycles. The van der Waals surface area contributed by atoms with Crippen molar-refractivity contribution in [2.24, 2.45) is 0 Å². The molecule has 0 saturated carbocycles. The van der Waals surface area contributed by atoms with Gasteiger partial charge in [0.05, 0.1) is 9.82 Å². The Bertz CT molecular complexity index is 845. The Balaban J connectivity index is 1.73. The fraction of sp³-hybridized carbons (Fsp3) is 0.579. The SMILES string of the molecule is CN1CCN(S(=O)(=O)c2ccc(NCCC3=CCCCC3)c([N+](=O)[O-])c2)CC1. The molecule has 2 aliphatic rings. The van der Waals surface area contributed by atoms with Gasteiger partial charge in [-0.1, -0.05) is 11.6 Å². The summed E-state index contributed by atoms with van der Waals surface area (Å²) in [5.74, 6) is 0. The van der Waals surface area contributed by atoms with Crippen LogP contribution in [0.1, 0.15) is 32.1 Å². The van der Waals surface area contributed by atoms with Crippen LogP contribution in [0.2, 0.25) is 0 Å². The van der Waals surface area contributed by atoms with Crippen LogP contribution in [0.4, 0.5) is 11.4 Å². The number of likely N-dealkylation sites (N-methyl/N-ethyl adjacent to an activating group) is 1. The number of nitrogens with zero attached hydrogens (tertiary/aromatic N) is 3. The van der Waals surface area contributed by atoms with E-state index >= 15 is 0 Å². The molecule has 1 aromatic rings. The van der Waals surface area contributed by atoms with E-state index in [1.54, 1.807) is 0 Å². The molecule has 0 bridgehead atoms. The van der Waals surface area contributed by atoms with Crippen molar-refractivity contribution >= 4 is 21.4 Å². The highest BCUT2D eigenvalue weighted by Crippen LogP contribution is 2.30. The van der Waals surface area contributed by atoms with E-state index in [2.05, 4.69) is 16.3 Å². The summed E-state index contributed by atoms with van der Waals surface area (Å²) >= 11 is 0. The standard InChI is InChI=1S/C19H28N4O4S/c1-21-11-13-22(14-12-21)28(26,27)17-7-8-18(19(15-17)23(24)25)20-10-9-16-5-3-2-4-6-16/h5,7-8,15,20H,2-4,6,9-14H2,1H3. The predicted octanol–water partition coefficient (Wildman–Crippen LogP) is 2.83. The lowest BCUT2D eigenvalue weighted by molar-refractivity contribution is -0.384. The van der Waals surface area contributed by atoms with Crippen molar-refractivity contribution in [2.75, 3.05) is 45.1 Å². The minimum atomic E-state index is -3.73. The Labute approximate surface area is 166 Å². The van der Waals surface area contributed by atoms with Gasteiger partial charge in [-0.3, -0.25) is 10.1 Å². The number of sulfonamides is 1. The monoisotopic (exact) mass is 408 g/mol. The Morgan fingerprint density at radius 3 is 2.57 bits per heavy atom. The van der Waals surface area contributed by atoms with Crippen LogP contribution < -0.4 is 5.32 Å². The number of nitro benzene ring substituents is 1. The quantitative estimate of drug-likeness (QED) is 0.423. The number of rotatable bonds is 7. The second kappa shape index (κ2) is 9.02. The largest absolute Gasteiger partial charge is 0.379 e. The molecule has 0 unspecified atom stereocenters. The van der Waals surface area contributed by atoms with E-state index in [9.17, 15) is 18.5 Å². The van der Waals surface area contributed by atoms with E-state index < -0.39 is 14.9 Å². The van der Waals surface area contributed by atoms with Gasteiger partial charge in [-0.25, -0.2) is 8.42 Å². The fourth-order valence-electron chi connectivity index (χ4n) is 3.64. The zero-order valence-corrected chi connectivity index (χ0v) is 17.1. The number of piperazine rings is 1. The van der Waals surface area contributed by atoms with E-state index in [-0.39, 0.29) is 10.6 Å². The van der Waals surface area contributed by atoms with E-state index in [1.165, 1.54) is 40.9 Å². The molecule has 1 saturated heterocycles. The van der Waals surface area contributed by atoms with E-state index in [0.29, 0.717) is 38.4 Å². The van der Waals surface area contributed by atoms with Crippen molar-refractivity contribution in [2.45, 2.75) is 37.0 Å². The summed E-state index contributed by atoms with van der Waals surface area (Å²) in [6.07, 6.45) is 7.72. The third kappa shape index (κ3) is 4.89. The molecule has 1 fully saturated rings. The molecular formula is C19H28N4O4S. The number of hydrogen-bond acceptors (Lipinski definition) is 6. The van der Waals surface area contributed by atoms with Gasteiger partial charge in [0.25, 0.3) is 5.69 Å². The third-order valence-corrected chi connectivity index (χ3v) is 7.31. The summed E-state index contributed by atoms with van der Waals surface area (Å²) in [6.45, 7) is 2.67. The first kappa shape index (κ1) is 20.8. The zero-order chi connectivity index (χ0) is 20.1. The number of anilines is 1. The van der Waals surface area contributed by atoms with Gasteiger partial charge in [0.2, 0.25) is 10.0 Å². The van der Waals surface area contributed by atoms with Crippen molar-refractivity contribution in [3.8, 4) is 0 Å². The summed E-state index contributed by atoms with van der Waals surface area (Å²) in [4.78, 5) is 13.0. The van der Waals surface area contributed by atoms with Gasteiger partial charge in [-0.2, -0.15) is 4.31 Å². The Hall–Kier alpha value is -1.97. The molecular weight excluding hydrogens is 380 g/mol. The molecule has 9 heteroatoms. The number of nitro groups is 1. The highest BCUT2D eigenvalue weighted by molar-refractivity contribution is 7.89. The maximum absolute atomic E-state index is 12.9. The van der Waals surface area contributed by atoms with Crippen molar-refractivity contribution < 1.29 is 13.3 Å². The summed E-state index contributed by atoms with van der Waals surface area (Å²) in [5.41, 5.74) is 1.54. The Morgan fingerprint density at radius 1 is 1.18 bits per heavy atom. The maximum atomic E-state index is 12.9. The first-order valence-corrected chi connectivity index (χ1v) is 11.2. The smallest absolute Gasteiger partial charge is 0.293 e. The average Bonchev–Trinajstić information content (AvgIpc) is 2.69. The van der Waals surface area contributed by atoms with Crippen molar-refractivity contribution in [3.63, 3.8) is 0 Å². The molecule has 3 rings (SSSR count). The minimum Gasteiger partial charge on any atom is -0.379 e. The fourth-order valence-corrected chi connectivity index (χ4v) is 5.08. The van der Waals surface area contributed by atoms with Crippen LogP contribution in [0.3, 0.4) is 0 Å². The molecule has 0 atom stereocenters. The molecule has 154 valence electrons. The second-order valence-electron chi connectivity index (χ2n) is 7.43. The first-order valence-electron chi connectivity index (χ1n) is 9.77. The van der Waals surface area contributed by atoms with Crippen LogP contribution in [0.25, 0.3) is 0 Å². The van der Waals surface area contributed by atoms with Gasteiger partial charge in [0, 0.05) is 38.8 Å². The lowest BCUT2D eigenvalue weighted by atomic mass is 9.97. The Morgan fingerprint density at radius 2 is 1.93 bits per heavy atom. The summed E-state index contributed by atoms with van der Waals surface area (Å²) in [6, 6.07) is 4.15. The Kier molecular flexibility index (Phi) is 6.69. The molecule has 1 aliphatic carbocycles. The molecule has 0 aromatic heterocycles.